The molecule has 0 saturated carbocycles. The third-order valence-electron chi connectivity index (χ3n) is 2.69. The number of methoxy groups -OCH3 is 1. The van der Waals surface area contributed by atoms with Crippen molar-refractivity contribution in [2.24, 2.45) is 5.10 Å². The second-order valence-electron chi connectivity index (χ2n) is 4.11. The van der Waals surface area contributed by atoms with Crippen LogP contribution in [0.25, 0.3) is 0 Å². The first-order valence-electron chi connectivity index (χ1n) is 6.00. The van der Waals surface area contributed by atoms with Crippen molar-refractivity contribution in [2.45, 2.75) is 0 Å². The summed E-state index contributed by atoms with van der Waals surface area (Å²) in [6, 6.07) is 10.8. The molecular weight excluding hydrogens is 274 g/mol. The van der Waals surface area contributed by atoms with Crippen molar-refractivity contribution >= 4 is 17.6 Å². The number of ether oxygens (including phenoxy) is 1. The van der Waals surface area contributed by atoms with Gasteiger partial charge in [0.15, 0.2) is 11.5 Å². The number of hydrogen-bond donors (Lipinski definition) is 2. The van der Waals surface area contributed by atoms with E-state index in [0.717, 1.165) is 0 Å². The quantitative estimate of drug-likeness (QED) is 0.500. The summed E-state index contributed by atoms with van der Waals surface area (Å²) in [5, 5.41) is 24.1. The van der Waals surface area contributed by atoms with Gasteiger partial charge in [0.1, 0.15) is 0 Å². The Kier molecular flexibility index (Phi) is 4.35. The minimum atomic E-state index is -0.465. The molecule has 0 atom stereocenters. The Labute approximate surface area is 120 Å². The highest BCUT2D eigenvalue weighted by atomic mass is 16.6. The van der Waals surface area contributed by atoms with Crippen LogP contribution in [0.5, 0.6) is 11.5 Å². The highest BCUT2D eigenvalue weighted by molar-refractivity contribution is 5.81. The molecular formula is C14H13N3O4. The summed E-state index contributed by atoms with van der Waals surface area (Å²) in [7, 11) is 1.47. The van der Waals surface area contributed by atoms with Gasteiger partial charge < -0.3 is 9.84 Å². The molecule has 0 amide bonds. The molecule has 0 aliphatic heterocycles. The van der Waals surface area contributed by atoms with Gasteiger partial charge in [0, 0.05) is 12.1 Å². The molecule has 0 saturated heterocycles. The van der Waals surface area contributed by atoms with Gasteiger partial charge in [-0.2, -0.15) is 5.10 Å². The maximum atomic E-state index is 10.5. The zero-order chi connectivity index (χ0) is 15.2. The number of nitro benzene ring substituents is 1. The van der Waals surface area contributed by atoms with E-state index in [4.69, 9.17) is 4.74 Å². The number of hydrogen-bond acceptors (Lipinski definition) is 6. The number of non-ortho nitro benzene ring substituents is 1. The molecule has 2 rings (SSSR count). The summed E-state index contributed by atoms with van der Waals surface area (Å²) >= 11 is 0. The molecule has 0 heterocycles. The molecule has 2 aromatic carbocycles. The Morgan fingerprint density at radius 2 is 2.00 bits per heavy atom. The Morgan fingerprint density at radius 3 is 2.57 bits per heavy atom. The lowest BCUT2D eigenvalue weighted by atomic mass is 10.2. The van der Waals surface area contributed by atoms with Crippen molar-refractivity contribution in [1.29, 1.82) is 0 Å². The lowest BCUT2D eigenvalue weighted by Gasteiger charge is -2.03. The Morgan fingerprint density at radius 1 is 1.29 bits per heavy atom. The van der Waals surface area contributed by atoms with Crippen molar-refractivity contribution in [3.63, 3.8) is 0 Å². The van der Waals surface area contributed by atoms with Crippen molar-refractivity contribution in [1.82, 2.24) is 0 Å². The first-order valence-corrected chi connectivity index (χ1v) is 6.00. The minimum Gasteiger partial charge on any atom is -0.504 e. The summed E-state index contributed by atoms with van der Waals surface area (Å²) in [6.07, 6.45) is 1.51. The minimum absolute atomic E-state index is 0.0182. The molecule has 7 heteroatoms. The van der Waals surface area contributed by atoms with Gasteiger partial charge in [-0.15, -0.1) is 0 Å². The number of phenols is 1. The summed E-state index contributed by atoms with van der Waals surface area (Å²) in [5.41, 5.74) is 4.06. The molecule has 0 radical (unpaired) electrons. The van der Waals surface area contributed by atoms with E-state index in [9.17, 15) is 15.2 Å². The molecule has 0 fully saturated rings. The van der Waals surface area contributed by atoms with Crippen LogP contribution in [0.15, 0.2) is 47.6 Å². The highest BCUT2D eigenvalue weighted by Crippen LogP contribution is 2.25. The van der Waals surface area contributed by atoms with E-state index in [1.165, 1.54) is 31.5 Å². The Hall–Kier alpha value is -3.09. The fourth-order valence-electron chi connectivity index (χ4n) is 1.63. The number of rotatable bonds is 5. The molecule has 0 aliphatic carbocycles. The van der Waals surface area contributed by atoms with Gasteiger partial charge in [-0.1, -0.05) is 0 Å². The molecule has 0 unspecified atom stereocenters. The number of phenolic OH excluding ortho intramolecular Hbond substituents is 1. The second-order valence-corrected chi connectivity index (χ2v) is 4.11. The van der Waals surface area contributed by atoms with E-state index in [-0.39, 0.29) is 11.4 Å². The molecule has 2 N–H and O–H groups in total. The molecule has 7 nitrogen and oxygen atoms in total. The van der Waals surface area contributed by atoms with Crippen LogP contribution >= 0.6 is 0 Å². The van der Waals surface area contributed by atoms with Crippen LogP contribution in [0.3, 0.4) is 0 Å². The first-order chi connectivity index (χ1) is 10.1. The summed E-state index contributed by atoms with van der Waals surface area (Å²) in [6.45, 7) is 0. The maximum Gasteiger partial charge on any atom is 0.269 e. The number of nitrogens with zero attached hydrogens (tertiary/aromatic N) is 2. The molecule has 0 bridgehead atoms. The molecule has 0 aromatic heterocycles. The smallest absolute Gasteiger partial charge is 0.269 e. The topological polar surface area (TPSA) is 97.0 Å². The number of aromatic hydroxyl groups is 1. The van der Waals surface area contributed by atoms with Gasteiger partial charge in [0.2, 0.25) is 0 Å². The van der Waals surface area contributed by atoms with E-state index in [2.05, 4.69) is 10.5 Å². The van der Waals surface area contributed by atoms with Crippen LogP contribution in [-0.2, 0) is 0 Å². The average molecular weight is 287 g/mol. The van der Waals surface area contributed by atoms with Gasteiger partial charge in [0.25, 0.3) is 5.69 Å². The normalized spacial score (nSPS) is 10.5. The summed E-state index contributed by atoms with van der Waals surface area (Å²) in [5.74, 6) is 0.410. The second kappa shape index (κ2) is 6.38. The van der Waals surface area contributed by atoms with Crippen LogP contribution in [0.2, 0.25) is 0 Å². The number of nitrogens with one attached hydrogen (secondary N) is 1. The fraction of sp³-hybridized carbons (Fsp3) is 0.0714. The molecule has 2 aromatic rings. The van der Waals surface area contributed by atoms with Crippen LogP contribution in [0, 0.1) is 10.1 Å². The van der Waals surface area contributed by atoms with E-state index in [1.54, 1.807) is 24.3 Å². The third kappa shape index (κ3) is 3.69. The standard InChI is InChI=1S/C14H13N3O4/c1-21-14-7-2-10(8-13(14)18)9-15-16-11-3-5-12(6-4-11)17(19)20/h2-9,16,18H,1H3/b15-9+. The Balaban J connectivity index is 2.01. The number of hydrazone groups is 1. The van der Waals surface area contributed by atoms with Crippen LogP contribution in [0.1, 0.15) is 5.56 Å². The Bertz CT molecular complexity index is 668. The van der Waals surface area contributed by atoms with E-state index in [1.807, 2.05) is 0 Å². The van der Waals surface area contributed by atoms with Gasteiger partial charge in [-0.05, 0) is 35.9 Å². The number of anilines is 1. The maximum absolute atomic E-state index is 10.5. The molecule has 21 heavy (non-hydrogen) atoms. The van der Waals surface area contributed by atoms with Crippen LogP contribution < -0.4 is 10.2 Å². The highest BCUT2D eigenvalue weighted by Gasteiger charge is 2.03. The molecule has 0 aliphatic rings. The largest absolute Gasteiger partial charge is 0.504 e. The van der Waals surface area contributed by atoms with Crippen molar-refractivity contribution < 1.29 is 14.8 Å². The predicted octanol–water partition coefficient (Wildman–Crippen LogP) is 2.76. The number of benzene rings is 2. The van der Waals surface area contributed by atoms with Gasteiger partial charge in [0.05, 0.1) is 23.9 Å². The third-order valence-corrected chi connectivity index (χ3v) is 2.69. The van der Waals surface area contributed by atoms with E-state index < -0.39 is 4.92 Å². The predicted molar refractivity (Wildman–Crippen MR) is 79.0 cm³/mol. The van der Waals surface area contributed by atoms with Crippen molar-refractivity contribution in [2.75, 3.05) is 12.5 Å². The summed E-state index contributed by atoms with van der Waals surface area (Å²) < 4.78 is 4.94. The lowest BCUT2D eigenvalue weighted by Crippen LogP contribution is -1.92. The first kappa shape index (κ1) is 14.3. The molecule has 0 spiro atoms. The monoisotopic (exact) mass is 287 g/mol. The number of nitro groups is 1. The van der Waals surface area contributed by atoms with Crippen LogP contribution in [-0.4, -0.2) is 23.4 Å². The lowest BCUT2D eigenvalue weighted by molar-refractivity contribution is -0.384. The van der Waals surface area contributed by atoms with Crippen molar-refractivity contribution in [3.8, 4) is 11.5 Å². The fourth-order valence-corrected chi connectivity index (χ4v) is 1.63. The van der Waals surface area contributed by atoms with E-state index in [0.29, 0.717) is 17.0 Å². The zero-order valence-corrected chi connectivity index (χ0v) is 11.2. The van der Waals surface area contributed by atoms with Gasteiger partial charge in [-0.25, -0.2) is 0 Å². The van der Waals surface area contributed by atoms with E-state index >= 15 is 0 Å². The SMILES string of the molecule is COc1ccc(/C=N/Nc2ccc([N+](=O)[O-])cc2)cc1O. The molecule has 108 valence electrons. The summed E-state index contributed by atoms with van der Waals surface area (Å²) in [4.78, 5) is 10.1. The average Bonchev–Trinajstić information content (AvgIpc) is 2.48. The zero-order valence-electron chi connectivity index (χ0n) is 11.2. The van der Waals surface area contributed by atoms with Crippen molar-refractivity contribution in [3.05, 3.63) is 58.1 Å². The van der Waals surface area contributed by atoms with Crippen LogP contribution in [0.4, 0.5) is 11.4 Å². The van der Waals surface area contributed by atoms with Gasteiger partial charge >= 0.3 is 0 Å². The van der Waals surface area contributed by atoms with Gasteiger partial charge in [-0.3, -0.25) is 15.5 Å².